The van der Waals surface area contributed by atoms with Crippen LogP contribution in [0.1, 0.15) is 41.3 Å². The Morgan fingerprint density at radius 2 is 2.04 bits per heavy atom. The molecule has 0 aliphatic carbocycles. The fraction of sp³-hybridized carbons (Fsp3) is 0.222. The summed E-state index contributed by atoms with van der Waals surface area (Å²) >= 11 is 1.39. The van der Waals surface area contributed by atoms with Crippen LogP contribution in [0.25, 0.3) is 10.2 Å². The van der Waals surface area contributed by atoms with Crippen molar-refractivity contribution in [2.75, 3.05) is 5.32 Å². The first-order valence-electron chi connectivity index (χ1n) is 7.82. The minimum atomic E-state index is -0.487. The molecular weight excluding hydrogens is 338 g/mol. The number of benzene rings is 2. The van der Waals surface area contributed by atoms with Gasteiger partial charge in [-0.1, -0.05) is 43.4 Å². The van der Waals surface area contributed by atoms with Crippen LogP contribution in [0.4, 0.5) is 10.8 Å². The highest BCUT2D eigenvalue weighted by molar-refractivity contribution is 7.22. The van der Waals surface area contributed by atoms with Gasteiger partial charge >= 0.3 is 0 Å². The van der Waals surface area contributed by atoms with Crippen molar-refractivity contribution >= 4 is 38.3 Å². The second-order valence-electron chi connectivity index (χ2n) is 6.08. The normalized spacial score (nSPS) is 11.0. The molecule has 6 nitrogen and oxygen atoms in total. The van der Waals surface area contributed by atoms with Crippen LogP contribution in [0.3, 0.4) is 0 Å². The van der Waals surface area contributed by atoms with Crippen LogP contribution in [-0.4, -0.2) is 15.8 Å². The molecule has 7 heteroatoms. The summed E-state index contributed by atoms with van der Waals surface area (Å²) in [7, 11) is 0. The van der Waals surface area contributed by atoms with Crippen molar-refractivity contribution in [2.45, 2.75) is 26.7 Å². The Kier molecular flexibility index (Phi) is 4.50. The van der Waals surface area contributed by atoms with Gasteiger partial charge in [0.1, 0.15) is 0 Å². The maximum atomic E-state index is 12.4. The molecule has 1 heterocycles. The van der Waals surface area contributed by atoms with E-state index >= 15 is 0 Å². The van der Waals surface area contributed by atoms with Gasteiger partial charge in [0.15, 0.2) is 5.13 Å². The Morgan fingerprint density at radius 3 is 2.72 bits per heavy atom. The van der Waals surface area contributed by atoms with Crippen LogP contribution in [-0.2, 0) is 0 Å². The van der Waals surface area contributed by atoms with Gasteiger partial charge in [-0.2, -0.15) is 0 Å². The van der Waals surface area contributed by atoms with Crippen molar-refractivity contribution in [1.29, 1.82) is 0 Å². The number of fused-ring (bicyclic) bond motifs is 1. The molecule has 0 radical (unpaired) electrons. The number of nitro benzene ring substituents is 1. The first-order valence-corrected chi connectivity index (χ1v) is 8.64. The van der Waals surface area contributed by atoms with Crippen LogP contribution in [0.5, 0.6) is 0 Å². The second kappa shape index (κ2) is 6.60. The Hall–Kier alpha value is -2.80. The first kappa shape index (κ1) is 17.0. The number of nitrogens with one attached hydrogen (secondary N) is 1. The first-order chi connectivity index (χ1) is 11.9. The van der Waals surface area contributed by atoms with E-state index in [0.717, 1.165) is 15.8 Å². The van der Waals surface area contributed by atoms with Crippen LogP contribution in [0.2, 0.25) is 0 Å². The van der Waals surface area contributed by atoms with Crippen molar-refractivity contribution in [1.82, 2.24) is 4.98 Å². The molecule has 1 N–H and O–H groups in total. The van der Waals surface area contributed by atoms with Crippen LogP contribution in [0, 0.1) is 17.0 Å². The fourth-order valence-corrected chi connectivity index (χ4v) is 3.50. The number of rotatable bonds is 4. The minimum Gasteiger partial charge on any atom is -0.298 e. The molecule has 0 saturated heterocycles. The molecule has 2 aromatic carbocycles. The highest BCUT2D eigenvalue weighted by Crippen LogP contribution is 2.32. The molecule has 0 aliphatic rings. The Balaban J connectivity index is 1.91. The largest absolute Gasteiger partial charge is 0.298 e. The number of aryl methyl sites for hydroxylation is 1. The van der Waals surface area contributed by atoms with E-state index < -0.39 is 10.8 Å². The van der Waals surface area contributed by atoms with Crippen LogP contribution >= 0.6 is 11.3 Å². The maximum Gasteiger partial charge on any atom is 0.273 e. The van der Waals surface area contributed by atoms with Crippen molar-refractivity contribution in [2.24, 2.45) is 0 Å². The second-order valence-corrected chi connectivity index (χ2v) is 7.11. The van der Waals surface area contributed by atoms with E-state index in [2.05, 4.69) is 24.1 Å². The van der Waals surface area contributed by atoms with E-state index in [1.54, 1.807) is 19.1 Å². The summed E-state index contributed by atoms with van der Waals surface area (Å²) in [5, 5.41) is 14.3. The Labute approximate surface area is 148 Å². The zero-order valence-electron chi connectivity index (χ0n) is 14.1. The summed E-state index contributed by atoms with van der Waals surface area (Å²) < 4.78 is 0.997. The van der Waals surface area contributed by atoms with Gasteiger partial charge in [0.2, 0.25) is 0 Å². The third-order valence-corrected chi connectivity index (χ3v) is 4.90. The van der Waals surface area contributed by atoms with Crippen LogP contribution < -0.4 is 5.32 Å². The fourth-order valence-electron chi connectivity index (χ4n) is 2.61. The molecule has 1 aromatic heterocycles. The molecule has 3 rings (SSSR count). The van der Waals surface area contributed by atoms with Gasteiger partial charge in [-0.15, -0.1) is 0 Å². The summed E-state index contributed by atoms with van der Waals surface area (Å²) in [5.74, 6) is -0.0812. The number of nitrogens with zero attached hydrogens (tertiary/aromatic N) is 2. The van der Waals surface area contributed by atoms with Gasteiger partial charge in [0.05, 0.1) is 15.1 Å². The third-order valence-electron chi connectivity index (χ3n) is 3.96. The molecular formula is C18H17N3O3S. The predicted octanol–water partition coefficient (Wildman–Crippen LogP) is 4.89. The summed E-state index contributed by atoms with van der Waals surface area (Å²) in [6.45, 7) is 5.83. The number of para-hydroxylation sites is 1. The Bertz CT molecular complexity index is 979. The molecule has 25 heavy (non-hydrogen) atoms. The topological polar surface area (TPSA) is 85.1 Å². The number of amides is 1. The summed E-state index contributed by atoms with van der Waals surface area (Å²) in [5.41, 5.74) is 2.69. The number of nitro groups is 1. The molecule has 1 amide bonds. The van der Waals surface area contributed by atoms with Gasteiger partial charge in [0, 0.05) is 17.2 Å². The highest BCUT2D eigenvalue weighted by Gasteiger charge is 2.17. The molecule has 128 valence electrons. The number of anilines is 1. The lowest BCUT2D eigenvalue weighted by Gasteiger charge is -2.05. The van der Waals surface area contributed by atoms with Crippen molar-refractivity contribution in [3.8, 4) is 0 Å². The predicted molar refractivity (Wildman–Crippen MR) is 99.5 cm³/mol. The van der Waals surface area contributed by atoms with E-state index in [0.29, 0.717) is 16.6 Å². The smallest absolute Gasteiger partial charge is 0.273 e. The van der Waals surface area contributed by atoms with Gasteiger partial charge in [-0.3, -0.25) is 20.2 Å². The van der Waals surface area contributed by atoms with Crippen molar-refractivity contribution < 1.29 is 9.72 Å². The van der Waals surface area contributed by atoms with Gasteiger partial charge in [0.25, 0.3) is 11.6 Å². The van der Waals surface area contributed by atoms with Gasteiger partial charge < -0.3 is 0 Å². The van der Waals surface area contributed by atoms with E-state index in [1.165, 1.54) is 17.4 Å². The summed E-state index contributed by atoms with van der Waals surface area (Å²) in [6, 6.07) is 10.4. The Morgan fingerprint density at radius 1 is 1.28 bits per heavy atom. The molecule has 0 unspecified atom stereocenters. The quantitative estimate of drug-likeness (QED) is 0.533. The molecule has 0 aliphatic heterocycles. The van der Waals surface area contributed by atoms with E-state index in [1.807, 2.05) is 18.2 Å². The average molecular weight is 355 g/mol. The number of thiazole rings is 1. The zero-order valence-corrected chi connectivity index (χ0v) is 14.9. The van der Waals surface area contributed by atoms with E-state index in [4.69, 9.17) is 0 Å². The van der Waals surface area contributed by atoms with Gasteiger partial charge in [-0.25, -0.2) is 4.98 Å². The monoisotopic (exact) mass is 355 g/mol. The summed E-state index contributed by atoms with van der Waals surface area (Å²) in [4.78, 5) is 27.5. The molecule has 3 aromatic rings. The molecule has 0 spiro atoms. The lowest BCUT2D eigenvalue weighted by Crippen LogP contribution is -2.12. The average Bonchev–Trinajstić information content (AvgIpc) is 2.96. The molecule has 0 fully saturated rings. The number of carbonyl (C=O) groups excluding carboxylic acids is 1. The maximum absolute atomic E-state index is 12.4. The molecule has 0 saturated carbocycles. The standard InChI is InChI=1S/C18H17N3O3S/c1-10(2)13-5-4-6-15-16(13)19-18(25-15)20-17(22)12-8-7-11(3)14(9-12)21(23)24/h4-10H,1-3H3,(H,19,20,22). The number of hydrogen-bond donors (Lipinski definition) is 1. The van der Waals surface area contributed by atoms with Crippen molar-refractivity contribution in [3.63, 3.8) is 0 Å². The summed E-state index contributed by atoms with van der Waals surface area (Å²) in [6.07, 6.45) is 0. The highest BCUT2D eigenvalue weighted by atomic mass is 32.1. The number of aromatic nitrogens is 1. The SMILES string of the molecule is Cc1ccc(C(=O)Nc2nc3c(C(C)C)cccc3s2)cc1[N+](=O)[O-]. The van der Waals surface area contributed by atoms with E-state index in [-0.39, 0.29) is 11.3 Å². The van der Waals surface area contributed by atoms with Crippen LogP contribution in [0.15, 0.2) is 36.4 Å². The van der Waals surface area contributed by atoms with Crippen molar-refractivity contribution in [3.05, 3.63) is 63.2 Å². The lowest BCUT2D eigenvalue weighted by atomic mass is 10.0. The molecule has 0 atom stereocenters. The minimum absolute atomic E-state index is 0.0703. The molecule has 0 bridgehead atoms. The lowest BCUT2D eigenvalue weighted by molar-refractivity contribution is -0.385. The van der Waals surface area contributed by atoms with Gasteiger partial charge in [-0.05, 0) is 30.5 Å². The number of hydrogen-bond acceptors (Lipinski definition) is 5. The number of carbonyl (C=O) groups is 1. The zero-order chi connectivity index (χ0) is 18.1. The third kappa shape index (κ3) is 3.36. The van der Waals surface area contributed by atoms with E-state index in [9.17, 15) is 14.9 Å².